The number of aromatic nitrogens is 2. The normalized spacial score (nSPS) is 22.8. The summed E-state index contributed by atoms with van der Waals surface area (Å²) in [6, 6.07) is 2.04. The highest BCUT2D eigenvalue weighted by atomic mass is 19.4. The number of hydrogen-bond acceptors (Lipinski definition) is 7. The maximum Gasteiger partial charge on any atom is 0.417 e. The largest absolute Gasteiger partial charge is 0.472 e. The Kier molecular flexibility index (Phi) is 7.06. The van der Waals surface area contributed by atoms with Gasteiger partial charge in [-0.2, -0.15) is 13.2 Å². The van der Waals surface area contributed by atoms with Crippen LogP contribution in [0.5, 0.6) is 5.88 Å². The summed E-state index contributed by atoms with van der Waals surface area (Å²) in [5, 5.41) is 6.18. The van der Waals surface area contributed by atoms with Crippen LogP contribution in [0, 0.1) is 24.4 Å². The van der Waals surface area contributed by atoms with Crippen LogP contribution in [0.1, 0.15) is 46.8 Å². The van der Waals surface area contributed by atoms with Gasteiger partial charge in [-0.05, 0) is 37.8 Å². The molecule has 4 atom stereocenters. The van der Waals surface area contributed by atoms with Crippen LogP contribution in [-0.2, 0) is 19.8 Å². The fraction of sp³-hybridized carbons (Fsp3) is 0.414. The van der Waals surface area contributed by atoms with Crippen LogP contribution in [0.25, 0.3) is 11.3 Å². The fourth-order valence-corrected chi connectivity index (χ4v) is 6.55. The van der Waals surface area contributed by atoms with Crippen LogP contribution in [0.4, 0.5) is 37.7 Å². The third kappa shape index (κ3) is 4.64. The number of carbonyl (C=O) groups excluding carboxylic acids is 1. The van der Waals surface area contributed by atoms with E-state index in [2.05, 4.69) is 15.6 Å². The van der Waals surface area contributed by atoms with Gasteiger partial charge in [0.15, 0.2) is 17.5 Å². The monoisotopic (exact) mass is 622 g/mol. The number of anilines is 2. The molecule has 1 aromatic carbocycles. The molecule has 2 fully saturated rings. The van der Waals surface area contributed by atoms with Gasteiger partial charge < -0.3 is 30.6 Å². The van der Waals surface area contributed by atoms with Crippen LogP contribution in [0.2, 0.25) is 0 Å². The summed E-state index contributed by atoms with van der Waals surface area (Å²) in [5.74, 6) is -6.17. The van der Waals surface area contributed by atoms with E-state index < -0.39 is 81.3 Å². The number of halogens is 6. The Morgan fingerprint density at radius 1 is 1.11 bits per heavy atom. The van der Waals surface area contributed by atoms with Crippen LogP contribution in [0.3, 0.4) is 0 Å². The Balaban J connectivity index is 1.60. The van der Waals surface area contributed by atoms with Crippen LogP contribution < -0.4 is 26.7 Å². The van der Waals surface area contributed by atoms with Crippen molar-refractivity contribution in [2.75, 3.05) is 17.6 Å². The van der Waals surface area contributed by atoms with Gasteiger partial charge in [-0.25, -0.2) is 18.2 Å². The van der Waals surface area contributed by atoms with E-state index in [9.17, 15) is 27.2 Å². The van der Waals surface area contributed by atoms with Crippen molar-refractivity contribution in [2.24, 2.45) is 7.05 Å². The molecule has 3 aliphatic rings. The van der Waals surface area contributed by atoms with Crippen molar-refractivity contribution in [3.05, 3.63) is 68.4 Å². The molecule has 2 saturated heterocycles. The van der Waals surface area contributed by atoms with Crippen molar-refractivity contribution < 1.29 is 35.9 Å². The smallest absolute Gasteiger partial charge is 0.417 e. The molecule has 5 heterocycles. The number of fused-ring (bicyclic) bond motifs is 5. The van der Waals surface area contributed by atoms with Gasteiger partial charge in [-0.15, -0.1) is 0 Å². The molecule has 3 aliphatic heterocycles. The number of aryl methyl sites for hydroxylation is 1. The van der Waals surface area contributed by atoms with Crippen molar-refractivity contribution >= 4 is 17.3 Å². The van der Waals surface area contributed by atoms with E-state index in [0.29, 0.717) is 5.56 Å². The predicted octanol–water partition coefficient (Wildman–Crippen LogP) is 4.11. The van der Waals surface area contributed by atoms with E-state index in [1.54, 1.807) is 11.8 Å². The second-order valence-electron chi connectivity index (χ2n) is 11.4. The third-order valence-electron chi connectivity index (χ3n) is 8.61. The number of rotatable bonds is 4. The standard InChI is InChI=1S/C29H28F6N6O3/c1-11-19(29(33,34)35)17(21(31)23(36)20(11)30)25-22(32)24(37-8-13-4-7-16(42)40(3)9-13)18-27(39-25)44-12(2)26-15-6-5-14(38-15)10-41(26)28(18)43/h4,7,9,12,14-15,26,38H,5-6,8,10,36H2,1-3H3,(H,37,39)/t12-,14+,15-,26+/m0/s1. The molecule has 15 heteroatoms. The zero-order chi connectivity index (χ0) is 31.8. The number of nitrogens with one attached hydrogen (secondary N) is 2. The zero-order valence-corrected chi connectivity index (χ0v) is 23.8. The lowest BCUT2D eigenvalue weighted by Crippen LogP contribution is -2.63. The lowest BCUT2D eigenvalue weighted by molar-refractivity contribution is -0.137. The first-order chi connectivity index (χ1) is 20.7. The van der Waals surface area contributed by atoms with Gasteiger partial charge in [0.25, 0.3) is 5.91 Å². The summed E-state index contributed by atoms with van der Waals surface area (Å²) in [6.07, 6.45) is -3.09. The molecule has 44 heavy (non-hydrogen) atoms. The Labute approximate surface area is 247 Å². The van der Waals surface area contributed by atoms with E-state index in [1.165, 1.54) is 29.9 Å². The molecule has 0 unspecified atom stereocenters. The van der Waals surface area contributed by atoms with Crippen molar-refractivity contribution in [3.63, 3.8) is 0 Å². The molecule has 2 aromatic heterocycles. The molecule has 3 aromatic rings. The summed E-state index contributed by atoms with van der Waals surface area (Å²) in [4.78, 5) is 31.5. The first-order valence-corrected chi connectivity index (χ1v) is 13.9. The van der Waals surface area contributed by atoms with Crippen LogP contribution in [0.15, 0.2) is 23.1 Å². The number of amides is 1. The summed E-state index contributed by atoms with van der Waals surface area (Å²) in [7, 11) is 1.49. The summed E-state index contributed by atoms with van der Waals surface area (Å²) in [6.45, 7) is 2.49. The molecule has 9 nitrogen and oxygen atoms in total. The predicted molar refractivity (Wildman–Crippen MR) is 148 cm³/mol. The quantitative estimate of drug-likeness (QED) is 0.297. The molecule has 0 spiro atoms. The Hall–Kier alpha value is -4.27. The topological polar surface area (TPSA) is 115 Å². The van der Waals surface area contributed by atoms with E-state index in [-0.39, 0.29) is 36.3 Å². The van der Waals surface area contributed by atoms with Gasteiger partial charge in [0.2, 0.25) is 11.4 Å². The summed E-state index contributed by atoms with van der Waals surface area (Å²) >= 11 is 0. The lowest BCUT2D eigenvalue weighted by atomic mass is 9.94. The van der Waals surface area contributed by atoms with Gasteiger partial charge in [-0.3, -0.25) is 9.59 Å². The van der Waals surface area contributed by atoms with Gasteiger partial charge in [-0.1, -0.05) is 6.07 Å². The van der Waals surface area contributed by atoms with Crippen molar-refractivity contribution in [2.45, 2.75) is 63.6 Å². The summed E-state index contributed by atoms with van der Waals surface area (Å²) < 4.78 is 97.0. The second kappa shape index (κ2) is 10.4. The molecule has 0 saturated carbocycles. The van der Waals surface area contributed by atoms with Gasteiger partial charge in [0.1, 0.15) is 23.0 Å². The average Bonchev–Trinajstić information content (AvgIpc) is 3.29. The number of nitrogen functional groups attached to an aromatic ring is 1. The minimum Gasteiger partial charge on any atom is -0.472 e. The van der Waals surface area contributed by atoms with Crippen molar-refractivity contribution in [3.8, 4) is 17.1 Å². The molecule has 0 radical (unpaired) electrons. The first-order valence-electron chi connectivity index (χ1n) is 13.9. The fourth-order valence-electron chi connectivity index (χ4n) is 6.55. The van der Waals surface area contributed by atoms with Crippen LogP contribution >= 0.6 is 0 Å². The molecule has 2 bridgehead atoms. The Morgan fingerprint density at radius 3 is 2.52 bits per heavy atom. The highest BCUT2D eigenvalue weighted by Gasteiger charge is 2.49. The zero-order valence-electron chi connectivity index (χ0n) is 23.8. The van der Waals surface area contributed by atoms with E-state index >= 15 is 8.78 Å². The van der Waals surface area contributed by atoms with Crippen molar-refractivity contribution in [1.29, 1.82) is 0 Å². The minimum atomic E-state index is -5.34. The molecule has 234 valence electrons. The number of ether oxygens (including phenoxy) is 1. The second-order valence-corrected chi connectivity index (χ2v) is 11.4. The first kappa shape index (κ1) is 29.8. The Bertz CT molecular complexity index is 1760. The molecule has 6 rings (SSSR count). The summed E-state index contributed by atoms with van der Waals surface area (Å²) in [5.41, 5.74) is -2.01. The van der Waals surface area contributed by atoms with Gasteiger partial charge in [0, 0.05) is 44.5 Å². The highest BCUT2D eigenvalue weighted by molar-refractivity contribution is 6.03. The molecule has 1 amide bonds. The average molecular weight is 623 g/mol. The molecular weight excluding hydrogens is 594 g/mol. The lowest BCUT2D eigenvalue weighted by Gasteiger charge is -2.41. The Morgan fingerprint density at radius 2 is 1.84 bits per heavy atom. The van der Waals surface area contributed by atoms with Gasteiger partial charge in [0.05, 0.1) is 22.9 Å². The minimum absolute atomic E-state index is 0.0124. The number of piperazine rings is 1. The number of benzene rings is 1. The molecule has 4 N–H and O–H groups in total. The number of alkyl halides is 3. The van der Waals surface area contributed by atoms with Crippen LogP contribution in [-0.4, -0.2) is 51.1 Å². The number of nitrogens with two attached hydrogens (primary N) is 1. The van der Waals surface area contributed by atoms with E-state index in [0.717, 1.165) is 19.8 Å². The molecule has 0 aliphatic carbocycles. The maximum absolute atomic E-state index is 16.6. The van der Waals surface area contributed by atoms with Gasteiger partial charge >= 0.3 is 6.18 Å². The number of carbonyl (C=O) groups is 1. The maximum atomic E-state index is 16.6. The number of hydrogen-bond donors (Lipinski definition) is 3. The number of pyridine rings is 2. The van der Waals surface area contributed by atoms with Crippen molar-refractivity contribution in [1.82, 2.24) is 19.8 Å². The molecular formula is C29H28F6N6O3. The van der Waals surface area contributed by atoms with E-state index in [1.807, 2.05) is 0 Å². The highest BCUT2D eigenvalue weighted by Crippen LogP contribution is 2.47. The number of nitrogens with zero attached hydrogens (tertiary/aromatic N) is 3. The third-order valence-corrected chi connectivity index (χ3v) is 8.61. The van der Waals surface area contributed by atoms with E-state index in [4.69, 9.17) is 10.5 Å². The SMILES string of the molecule is Cc1c(F)c(N)c(F)c(-c2nc3c(c(NCc4ccc(=O)n(C)c4)c2F)C(=O)N2C[C@H]4CC[C@H](N4)[C@H]2[C@H](C)O3)c1C(F)(F)F.